The van der Waals surface area contributed by atoms with E-state index >= 15 is 0 Å². The van der Waals surface area contributed by atoms with Crippen LogP contribution >= 0.6 is 0 Å². The van der Waals surface area contributed by atoms with Gasteiger partial charge in [-0.3, -0.25) is 0 Å². The molecule has 0 heterocycles. The molecule has 112 valence electrons. The van der Waals surface area contributed by atoms with Crippen molar-refractivity contribution in [3.8, 4) is 0 Å². The third-order valence-corrected chi connectivity index (χ3v) is 5.24. The molecule has 0 atom stereocenters. The number of nitrogens with two attached hydrogens (primary N) is 1. The van der Waals surface area contributed by atoms with Gasteiger partial charge >= 0.3 is 0 Å². The van der Waals surface area contributed by atoms with Crippen LogP contribution in [-0.2, 0) is 10.0 Å². The average molecular weight is 297 g/mol. The van der Waals surface area contributed by atoms with E-state index in [1.54, 1.807) is 24.3 Å². The second kappa shape index (κ2) is 6.11. The number of anilines is 1. The maximum atomic E-state index is 11.9. The summed E-state index contributed by atoms with van der Waals surface area (Å²) in [6.45, 7) is 3.94. The van der Waals surface area contributed by atoms with Gasteiger partial charge in [-0.15, -0.1) is 0 Å². The monoisotopic (exact) mass is 297 g/mol. The number of rotatable bonds is 8. The Morgan fingerprint density at radius 2 is 1.90 bits per heavy atom. The largest absolute Gasteiger partial charge is 0.384 e. The van der Waals surface area contributed by atoms with Crippen LogP contribution in [-0.4, -0.2) is 28.1 Å². The van der Waals surface area contributed by atoms with Crippen molar-refractivity contribution < 1.29 is 8.42 Å². The number of sulfonamides is 1. The van der Waals surface area contributed by atoms with Crippen molar-refractivity contribution >= 4 is 15.7 Å². The summed E-state index contributed by atoms with van der Waals surface area (Å²) in [6.07, 6.45) is 3.12. The van der Waals surface area contributed by atoms with E-state index in [0.717, 1.165) is 18.7 Å². The second-order valence-corrected chi connectivity index (χ2v) is 7.25. The van der Waals surface area contributed by atoms with Crippen molar-refractivity contribution in [2.75, 3.05) is 25.0 Å². The maximum absolute atomic E-state index is 11.9. The minimum atomic E-state index is -3.37. The zero-order chi connectivity index (χ0) is 14.6. The summed E-state index contributed by atoms with van der Waals surface area (Å²) in [5, 5.41) is 3.32. The molecule has 4 N–H and O–H groups in total. The van der Waals surface area contributed by atoms with Gasteiger partial charge in [0.05, 0.1) is 4.90 Å². The normalized spacial score (nSPS) is 16.9. The van der Waals surface area contributed by atoms with Crippen molar-refractivity contribution in [3.63, 3.8) is 0 Å². The lowest BCUT2D eigenvalue weighted by Gasteiger charge is -2.14. The van der Waals surface area contributed by atoms with Gasteiger partial charge in [0.2, 0.25) is 10.0 Å². The summed E-state index contributed by atoms with van der Waals surface area (Å²) >= 11 is 0. The van der Waals surface area contributed by atoms with E-state index in [2.05, 4.69) is 10.0 Å². The minimum Gasteiger partial charge on any atom is -0.384 e. The van der Waals surface area contributed by atoms with Gasteiger partial charge in [0.15, 0.2) is 0 Å². The highest BCUT2D eigenvalue weighted by Crippen LogP contribution is 2.44. The molecular formula is C14H23N3O2S. The van der Waals surface area contributed by atoms with Gasteiger partial charge in [0, 0.05) is 18.8 Å². The molecule has 0 aromatic heterocycles. The highest BCUT2D eigenvalue weighted by Gasteiger charge is 2.40. The van der Waals surface area contributed by atoms with Gasteiger partial charge in [0.1, 0.15) is 0 Å². The Balaban J connectivity index is 1.96. The maximum Gasteiger partial charge on any atom is 0.240 e. The molecule has 1 aliphatic carbocycles. The Hall–Kier alpha value is -1.11. The van der Waals surface area contributed by atoms with Gasteiger partial charge in [-0.25, -0.2) is 13.1 Å². The van der Waals surface area contributed by atoms with E-state index in [-0.39, 0.29) is 5.41 Å². The molecule has 0 saturated heterocycles. The minimum absolute atomic E-state index is 0.257. The summed E-state index contributed by atoms with van der Waals surface area (Å²) in [6, 6.07) is 6.85. The molecule has 0 bridgehead atoms. The number of hydrogen-bond acceptors (Lipinski definition) is 4. The van der Waals surface area contributed by atoms with Crippen molar-refractivity contribution in [1.29, 1.82) is 0 Å². The Kier molecular flexibility index (Phi) is 4.67. The molecule has 0 spiro atoms. The predicted molar refractivity (Wildman–Crippen MR) is 81.1 cm³/mol. The smallest absolute Gasteiger partial charge is 0.240 e. The fraction of sp³-hybridized carbons (Fsp3) is 0.571. The van der Waals surface area contributed by atoms with E-state index in [1.807, 2.05) is 6.92 Å². The van der Waals surface area contributed by atoms with E-state index in [0.29, 0.717) is 18.0 Å². The van der Waals surface area contributed by atoms with Crippen LogP contribution in [0.4, 0.5) is 5.69 Å². The molecule has 0 radical (unpaired) electrons. The quantitative estimate of drug-likeness (QED) is 0.679. The average Bonchev–Trinajstić information content (AvgIpc) is 3.24. The molecule has 0 aliphatic heterocycles. The Labute approximate surface area is 121 Å². The highest BCUT2D eigenvalue weighted by molar-refractivity contribution is 7.89. The first-order valence-corrected chi connectivity index (χ1v) is 8.53. The van der Waals surface area contributed by atoms with E-state index in [1.165, 1.54) is 12.8 Å². The summed E-state index contributed by atoms with van der Waals surface area (Å²) < 4.78 is 26.4. The van der Waals surface area contributed by atoms with Crippen LogP contribution in [0.1, 0.15) is 26.2 Å². The third-order valence-electron chi connectivity index (χ3n) is 3.76. The number of benzene rings is 1. The molecule has 2 rings (SSSR count). The summed E-state index contributed by atoms with van der Waals surface area (Å²) in [7, 11) is -3.37. The second-order valence-electron chi connectivity index (χ2n) is 5.48. The molecule has 1 saturated carbocycles. The Bertz CT molecular complexity index is 536. The zero-order valence-electron chi connectivity index (χ0n) is 11.9. The van der Waals surface area contributed by atoms with E-state index in [4.69, 9.17) is 5.73 Å². The molecule has 6 heteroatoms. The van der Waals surface area contributed by atoms with Crippen LogP contribution in [0.2, 0.25) is 0 Å². The van der Waals surface area contributed by atoms with Crippen molar-refractivity contribution in [1.82, 2.24) is 4.72 Å². The van der Waals surface area contributed by atoms with Crippen molar-refractivity contribution in [3.05, 3.63) is 24.3 Å². The number of nitrogens with one attached hydrogen (secondary N) is 2. The zero-order valence-corrected chi connectivity index (χ0v) is 12.7. The first-order valence-electron chi connectivity index (χ1n) is 7.05. The SMILES string of the molecule is CCCNS(=O)(=O)c1ccc(NCC2(CN)CC2)cc1. The van der Waals surface area contributed by atoms with Gasteiger partial charge < -0.3 is 11.1 Å². The molecule has 1 fully saturated rings. The van der Waals surface area contributed by atoms with Crippen molar-refractivity contribution in [2.45, 2.75) is 31.1 Å². The van der Waals surface area contributed by atoms with Crippen LogP contribution in [0.5, 0.6) is 0 Å². The summed E-state index contributed by atoms with van der Waals surface area (Å²) in [4.78, 5) is 0.302. The van der Waals surface area contributed by atoms with Gasteiger partial charge in [0.25, 0.3) is 0 Å². The topological polar surface area (TPSA) is 84.2 Å². The van der Waals surface area contributed by atoms with Gasteiger partial charge in [-0.2, -0.15) is 0 Å². The summed E-state index contributed by atoms with van der Waals surface area (Å²) in [5.74, 6) is 0. The first kappa shape index (κ1) is 15.3. The standard InChI is InChI=1S/C14H23N3O2S/c1-2-9-17-20(18,19)13-5-3-12(4-6-13)16-11-14(10-15)7-8-14/h3-6,16-17H,2,7-11,15H2,1H3. The Morgan fingerprint density at radius 3 is 2.40 bits per heavy atom. The lowest BCUT2D eigenvalue weighted by molar-refractivity contribution is 0.556. The molecule has 1 aromatic rings. The fourth-order valence-corrected chi connectivity index (χ4v) is 3.13. The molecule has 20 heavy (non-hydrogen) atoms. The van der Waals surface area contributed by atoms with Crippen LogP contribution in [0.3, 0.4) is 0 Å². The molecule has 1 aliphatic rings. The molecule has 5 nitrogen and oxygen atoms in total. The fourth-order valence-electron chi connectivity index (χ4n) is 1.99. The molecule has 0 amide bonds. The van der Waals surface area contributed by atoms with Crippen LogP contribution in [0.25, 0.3) is 0 Å². The van der Waals surface area contributed by atoms with E-state index in [9.17, 15) is 8.42 Å². The van der Waals surface area contributed by atoms with Crippen LogP contribution in [0.15, 0.2) is 29.2 Å². The molecule has 1 aromatic carbocycles. The predicted octanol–water partition coefficient (Wildman–Crippen LogP) is 1.53. The van der Waals surface area contributed by atoms with Crippen LogP contribution < -0.4 is 15.8 Å². The molecule has 0 unspecified atom stereocenters. The molecular weight excluding hydrogens is 274 g/mol. The summed E-state index contributed by atoms with van der Waals surface area (Å²) in [5.41, 5.74) is 6.92. The lowest BCUT2D eigenvalue weighted by Crippen LogP contribution is -2.25. The van der Waals surface area contributed by atoms with Crippen LogP contribution in [0, 0.1) is 5.41 Å². The highest BCUT2D eigenvalue weighted by atomic mass is 32.2. The first-order chi connectivity index (χ1) is 9.51. The van der Waals surface area contributed by atoms with Crippen molar-refractivity contribution in [2.24, 2.45) is 11.1 Å². The lowest BCUT2D eigenvalue weighted by atomic mass is 10.1. The van der Waals surface area contributed by atoms with E-state index < -0.39 is 10.0 Å². The third kappa shape index (κ3) is 3.71. The van der Waals surface area contributed by atoms with Gasteiger partial charge in [-0.1, -0.05) is 6.92 Å². The number of hydrogen-bond donors (Lipinski definition) is 3. The van der Waals surface area contributed by atoms with Gasteiger partial charge in [-0.05, 0) is 55.5 Å². The Morgan fingerprint density at radius 1 is 1.25 bits per heavy atom.